The van der Waals surface area contributed by atoms with E-state index in [1.807, 2.05) is 0 Å². The summed E-state index contributed by atoms with van der Waals surface area (Å²) < 4.78 is 5.13. The molecule has 0 spiro atoms. The highest BCUT2D eigenvalue weighted by Gasteiger charge is 1.94. The number of hydrogen-bond acceptors (Lipinski definition) is 2. The largest absolute Gasteiger partial charge is 0.481 e. The van der Waals surface area contributed by atoms with Crippen molar-refractivity contribution in [1.82, 2.24) is 0 Å². The van der Waals surface area contributed by atoms with Gasteiger partial charge in [0.25, 0.3) is 0 Å². The summed E-state index contributed by atoms with van der Waals surface area (Å²) in [7, 11) is 0. The lowest BCUT2D eigenvalue weighted by molar-refractivity contribution is 0.287. The second-order valence-electron chi connectivity index (χ2n) is 5.65. The molecule has 0 aliphatic heterocycles. The van der Waals surface area contributed by atoms with Crippen molar-refractivity contribution in [1.29, 1.82) is 5.41 Å². The van der Waals surface area contributed by atoms with E-state index in [0.717, 1.165) is 13.0 Å². The monoisotopic (exact) mass is 269 g/mol. The molecule has 114 valence electrons. The minimum Gasteiger partial charge on any atom is -0.481 e. The highest BCUT2D eigenvalue weighted by Crippen LogP contribution is 2.12. The first kappa shape index (κ1) is 18.5. The number of nitrogens with one attached hydrogen (secondary N) is 1. The second kappa shape index (κ2) is 15.5. The smallest absolute Gasteiger partial charge is 0.177 e. The SMILES string of the molecule is CCCCCCCCCCCCCCCOC(C)=N. The molecular formula is C17H35NO. The summed E-state index contributed by atoms with van der Waals surface area (Å²) in [6, 6.07) is 0. The molecule has 0 heterocycles. The molecule has 0 aromatic rings. The Morgan fingerprint density at radius 2 is 1.05 bits per heavy atom. The molecule has 0 bridgehead atoms. The summed E-state index contributed by atoms with van der Waals surface area (Å²) >= 11 is 0. The van der Waals surface area contributed by atoms with Crippen molar-refractivity contribution in [3.8, 4) is 0 Å². The van der Waals surface area contributed by atoms with Gasteiger partial charge in [-0.1, -0.05) is 84.0 Å². The molecule has 0 amide bonds. The third kappa shape index (κ3) is 17.5. The first-order valence-corrected chi connectivity index (χ1v) is 8.45. The Hall–Kier alpha value is -0.530. The third-order valence-corrected chi connectivity index (χ3v) is 3.57. The summed E-state index contributed by atoms with van der Waals surface area (Å²) in [5, 5.41) is 7.14. The molecule has 0 fully saturated rings. The van der Waals surface area contributed by atoms with Crippen molar-refractivity contribution < 1.29 is 4.74 Å². The Morgan fingerprint density at radius 3 is 1.42 bits per heavy atom. The second-order valence-corrected chi connectivity index (χ2v) is 5.65. The van der Waals surface area contributed by atoms with Crippen LogP contribution in [0.4, 0.5) is 0 Å². The van der Waals surface area contributed by atoms with E-state index in [1.165, 1.54) is 77.0 Å². The number of ether oxygens (including phenoxy) is 1. The van der Waals surface area contributed by atoms with Crippen molar-refractivity contribution in [2.75, 3.05) is 6.61 Å². The maximum Gasteiger partial charge on any atom is 0.177 e. The molecule has 0 rings (SSSR count). The predicted octanol–water partition coefficient (Wildman–Crippen LogP) is 6.09. The van der Waals surface area contributed by atoms with Crippen molar-refractivity contribution >= 4 is 5.90 Å². The van der Waals surface area contributed by atoms with Crippen LogP contribution in [-0.2, 0) is 4.74 Å². The van der Waals surface area contributed by atoms with Crippen LogP contribution in [0.15, 0.2) is 0 Å². The van der Waals surface area contributed by atoms with Gasteiger partial charge in [0.2, 0.25) is 0 Å². The van der Waals surface area contributed by atoms with E-state index in [1.54, 1.807) is 6.92 Å². The molecule has 19 heavy (non-hydrogen) atoms. The summed E-state index contributed by atoms with van der Waals surface area (Å²) in [6.07, 6.45) is 17.9. The summed E-state index contributed by atoms with van der Waals surface area (Å²) in [6.45, 7) is 4.70. The van der Waals surface area contributed by atoms with E-state index in [4.69, 9.17) is 10.1 Å². The lowest BCUT2D eigenvalue weighted by atomic mass is 10.0. The number of unbranched alkanes of at least 4 members (excludes halogenated alkanes) is 12. The fraction of sp³-hybridized carbons (Fsp3) is 0.941. The Labute approximate surface area is 120 Å². The zero-order valence-electron chi connectivity index (χ0n) is 13.3. The molecule has 1 N–H and O–H groups in total. The average Bonchev–Trinajstić information content (AvgIpc) is 2.39. The first-order chi connectivity index (χ1) is 9.27. The Bertz CT molecular complexity index is 192. The van der Waals surface area contributed by atoms with Crippen molar-refractivity contribution in [2.24, 2.45) is 0 Å². The van der Waals surface area contributed by atoms with E-state index in [-0.39, 0.29) is 0 Å². The minimum absolute atomic E-state index is 0.346. The standard InChI is InChI=1S/C17H35NO/c1-3-4-5-6-7-8-9-10-11-12-13-14-15-16-19-17(2)18/h18H,3-16H2,1-2H3. The Morgan fingerprint density at radius 1 is 0.684 bits per heavy atom. The average molecular weight is 269 g/mol. The summed E-state index contributed by atoms with van der Waals surface area (Å²) in [5.41, 5.74) is 0. The van der Waals surface area contributed by atoms with Gasteiger partial charge >= 0.3 is 0 Å². The predicted molar refractivity (Wildman–Crippen MR) is 85.0 cm³/mol. The quantitative estimate of drug-likeness (QED) is 0.231. The molecule has 0 radical (unpaired) electrons. The van der Waals surface area contributed by atoms with Gasteiger partial charge in [-0.15, -0.1) is 0 Å². The van der Waals surface area contributed by atoms with Crippen LogP contribution in [0, 0.1) is 5.41 Å². The normalized spacial score (nSPS) is 10.6. The van der Waals surface area contributed by atoms with Crippen LogP contribution < -0.4 is 0 Å². The van der Waals surface area contributed by atoms with Gasteiger partial charge in [0, 0.05) is 6.92 Å². The fourth-order valence-electron chi connectivity index (χ4n) is 2.35. The van der Waals surface area contributed by atoms with Crippen LogP contribution in [0.2, 0.25) is 0 Å². The van der Waals surface area contributed by atoms with Gasteiger partial charge < -0.3 is 4.74 Å². The lowest BCUT2D eigenvalue weighted by Gasteiger charge is -2.04. The molecule has 0 aliphatic rings. The Kier molecular flexibility index (Phi) is 15.1. The zero-order valence-corrected chi connectivity index (χ0v) is 13.3. The van der Waals surface area contributed by atoms with Crippen molar-refractivity contribution in [2.45, 2.75) is 97.3 Å². The fourth-order valence-corrected chi connectivity index (χ4v) is 2.35. The van der Waals surface area contributed by atoms with Gasteiger partial charge in [-0.3, -0.25) is 5.41 Å². The van der Waals surface area contributed by atoms with Crippen molar-refractivity contribution in [3.05, 3.63) is 0 Å². The molecule has 0 aromatic carbocycles. The summed E-state index contributed by atoms with van der Waals surface area (Å²) in [4.78, 5) is 0. The molecule has 0 aliphatic carbocycles. The highest BCUT2D eigenvalue weighted by molar-refractivity contribution is 5.69. The molecule has 2 nitrogen and oxygen atoms in total. The maximum atomic E-state index is 7.14. The Balaban J connectivity index is 2.93. The lowest BCUT2D eigenvalue weighted by Crippen LogP contribution is -1.99. The highest BCUT2D eigenvalue weighted by atomic mass is 16.5. The van der Waals surface area contributed by atoms with Crippen LogP contribution in [-0.4, -0.2) is 12.5 Å². The van der Waals surface area contributed by atoms with Crippen LogP contribution in [0.3, 0.4) is 0 Å². The first-order valence-electron chi connectivity index (χ1n) is 8.45. The maximum absolute atomic E-state index is 7.14. The number of hydrogen-bond donors (Lipinski definition) is 1. The van der Waals surface area contributed by atoms with E-state index < -0.39 is 0 Å². The van der Waals surface area contributed by atoms with Gasteiger partial charge in [0.1, 0.15) is 0 Å². The van der Waals surface area contributed by atoms with Crippen LogP contribution in [0.25, 0.3) is 0 Å². The van der Waals surface area contributed by atoms with Gasteiger partial charge in [0.15, 0.2) is 5.90 Å². The van der Waals surface area contributed by atoms with Crippen LogP contribution in [0.5, 0.6) is 0 Å². The van der Waals surface area contributed by atoms with Gasteiger partial charge in [-0.2, -0.15) is 0 Å². The molecule has 0 aromatic heterocycles. The molecule has 0 unspecified atom stereocenters. The van der Waals surface area contributed by atoms with Crippen LogP contribution >= 0.6 is 0 Å². The zero-order chi connectivity index (χ0) is 14.2. The van der Waals surface area contributed by atoms with Crippen LogP contribution in [0.1, 0.15) is 97.3 Å². The molecule has 0 saturated carbocycles. The molecule has 0 atom stereocenters. The van der Waals surface area contributed by atoms with Gasteiger partial charge in [-0.25, -0.2) is 0 Å². The van der Waals surface area contributed by atoms with E-state index in [2.05, 4.69) is 6.92 Å². The molecular weight excluding hydrogens is 234 g/mol. The van der Waals surface area contributed by atoms with Gasteiger partial charge in [-0.05, 0) is 6.42 Å². The summed E-state index contributed by atoms with van der Waals surface area (Å²) in [5.74, 6) is 0.346. The molecule has 2 heteroatoms. The topological polar surface area (TPSA) is 33.1 Å². The van der Waals surface area contributed by atoms with E-state index >= 15 is 0 Å². The van der Waals surface area contributed by atoms with Crippen molar-refractivity contribution in [3.63, 3.8) is 0 Å². The molecule has 0 saturated heterocycles. The van der Waals surface area contributed by atoms with E-state index in [0.29, 0.717) is 5.90 Å². The van der Waals surface area contributed by atoms with Gasteiger partial charge in [0.05, 0.1) is 6.61 Å². The third-order valence-electron chi connectivity index (χ3n) is 3.57. The number of rotatable bonds is 14. The van der Waals surface area contributed by atoms with E-state index in [9.17, 15) is 0 Å². The minimum atomic E-state index is 0.346.